The van der Waals surface area contributed by atoms with Crippen LogP contribution in [-0.2, 0) is 11.2 Å². The van der Waals surface area contributed by atoms with Gasteiger partial charge < -0.3 is 25.9 Å². The van der Waals surface area contributed by atoms with Gasteiger partial charge in [-0.1, -0.05) is 24.3 Å². The number of primary amides is 1. The smallest absolute Gasteiger partial charge is 0.335 e. The number of nitrogens with zero attached hydrogens (tertiary/aromatic N) is 3. The fraction of sp³-hybridized carbons (Fsp3) is 0.0357. The van der Waals surface area contributed by atoms with Gasteiger partial charge in [-0.25, -0.2) is 14.8 Å². The van der Waals surface area contributed by atoms with E-state index >= 15 is 0 Å². The van der Waals surface area contributed by atoms with Crippen molar-refractivity contribution in [2.45, 2.75) is 6.42 Å². The Morgan fingerprint density at radius 1 is 0.921 bits per heavy atom. The molecule has 5 rings (SSSR count). The normalized spacial score (nSPS) is 10.7. The van der Waals surface area contributed by atoms with E-state index in [-0.39, 0.29) is 17.9 Å². The highest BCUT2D eigenvalue weighted by Gasteiger charge is 2.12. The number of aromatic nitrogens is 3. The van der Waals surface area contributed by atoms with Gasteiger partial charge >= 0.3 is 5.97 Å². The van der Waals surface area contributed by atoms with Crippen molar-refractivity contribution in [1.29, 1.82) is 0 Å². The fourth-order valence-electron chi connectivity index (χ4n) is 3.92. The minimum atomic E-state index is -1.05. The largest absolute Gasteiger partial charge is 0.478 e. The molecule has 3 aromatic carbocycles. The number of imidazole rings is 1. The molecular weight excluding hydrogens is 484 g/mol. The first-order valence-corrected chi connectivity index (χ1v) is 11.6. The number of aromatic carboxylic acids is 1. The lowest BCUT2D eigenvalue weighted by Gasteiger charge is -2.12. The van der Waals surface area contributed by atoms with Crippen molar-refractivity contribution in [2.24, 2.45) is 5.73 Å². The lowest BCUT2D eigenvalue weighted by atomic mass is 10.1. The Morgan fingerprint density at radius 2 is 1.66 bits per heavy atom. The van der Waals surface area contributed by atoms with Gasteiger partial charge in [0.1, 0.15) is 0 Å². The number of carbonyl (C=O) groups excluding carboxylic acids is 2. The monoisotopic (exact) mass is 506 g/mol. The second kappa shape index (κ2) is 10.2. The van der Waals surface area contributed by atoms with Crippen molar-refractivity contribution < 1.29 is 19.5 Å². The molecule has 0 saturated carbocycles. The van der Waals surface area contributed by atoms with E-state index in [1.165, 1.54) is 24.3 Å². The van der Waals surface area contributed by atoms with Gasteiger partial charge in [0.15, 0.2) is 11.5 Å². The molecule has 0 fully saturated rings. The molecule has 5 aromatic rings. The maximum Gasteiger partial charge on any atom is 0.335 e. The Balaban J connectivity index is 1.40. The second-order valence-corrected chi connectivity index (χ2v) is 8.52. The van der Waals surface area contributed by atoms with Crippen LogP contribution >= 0.6 is 0 Å². The van der Waals surface area contributed by atoms with Crippen LogP contribution in [0, 0.1) is 0 Å². The summed E-state index contributed by atoms with van der Waals surface area (Å²) in [5, 5.41) is 15.2. The van der Waals surface area contributed by atoms with E-state index in [4.69, 9.17) is 15.8 Å². The minimum absolute atomic E-state index is 0.107. The highest BCUT2D eigenvalue weighted by atomic mass is 16.4. The van der Waals surface area contributed by atoms with Crippen LogP contribution in [0.5, 0.6) is 0 Å². The van der Waals surface area contributed by atoms with Crippen LogP contribution in [0.4, 0.5) is 17.2 Å². The van der Waals surface area contributed by atoms with Gasteiger partial charge in [0, 0.05) is 41.1 Å². The number of anilines is 3. The van der Waals surface area contributed by atoms with E-state index in [2.05, 4.69) is 15.6 Å². The highest BCUT2D eigenvalue weighted by Crippen LogP contribution is 2.26. The number of nitrogens with one attached hydrogen (secondary N) is 2. The number of carboxylic acids is 1. The van der Waals surface area contributed by atoms with Crippen molar-refractivity contribution >= 4 is 40.6 Å². The number of benzene rings is 3. The Kier molecular flexibility index (Phi) is 6.51. The first kappa shape index (κ1) is 24.2. The minimum Gasteiger partial charge on any atom is -0.478 e. The van der Waals surface area contributed by atoms with Gasteiger partial charge in [-0.15, -0.1) is 0 Å². The van der Waals surface area contributed by atoms with Crippen molar-refractivity contribution in [2.75, 3.05) is 10.6 Å². The third-order valence-electron chi connectivity index (χ3n) is 5.78. The Morgan fingerprint density at radius 3 is 2.37 bits per heavy atom. The number of amides is 2. The topological polar surface area (TPSA) is 152 Å². The first-order chi connectivity index (χ1) is 18.4. The number of rotatable bonds is 8. The molecule has 0 unspecified atom stereocenters. The summed E-state index contributed by atoms with van der Waals surface area (Å²) in [6.45, 7) is 0. The average Bonchev–Trinajstić information content (AvgIpc) is 3.39. The second-order valence-electron chi connectivity index (χ2n) is 8.52. The number of carbonyl (C=O) groups is 3. The number of carboxylic acid groups (broad SMARTS) is 1. The quantitative estimate of drug-likeness (QED) is 0.247. The van der Waals surface area contributed by atoms with Crippen LogP contribution in [0.25, 0.3) is 16.9 Å². The SMILES string of the molecule is NC(=O)Cc1ccc(Nc2nc(-c3cccc(NC(=O)c4ccc(C(=O)O)cc4)c3)cn3ccnc23)cc1. The molecule has 188 valence electrons. The molecule has 2 heterocycles. The standard InChI is InChI=1S/C28H22N6O4/c29-24(35)14-17-4-10-21(11-5-17)31-25-26-30-12-13-34(26)16-23(33-25)20-2-1-3-22(15-20)32-27(36)18-6-8-19(9-7-18)28(37)38/h1-13,15-16H,14H2,(H2,29,35)(H,31,33)(H,32,36)(H,37,38). The zero-order chi connectivity index (χ0) is 26.6. The van der Waals surface area contributed by atoms with Crippen molar-refractivity contribution in [3.05, 3.63) is 108 Å². The summed E-state index contributed by atoms with van der Waals surface area (Å²) >= 11 is 0. The van der Waals surface area contributed by atoms with Crippen molar-refractivity contribution in [3.63, 3.8) is 0 Å². The van der Waals surface area contributed by atoms with E-state index in [1.54, 1.807) is 18.3 Å². The zero-order valence-corrected chi connectivity index (χ0v) is 20.0. The molecule has 0 aliphatic heterocycles. The summed E-state index contributed by atoms with van der Waals surface area (Å²) in [6, 6.07) is 20.3. The molecule has 0 atom stereocenters. The van der Waals surface area contributed by atoms with Crippen LogP contribution < -0.4 is 16.4 Å². The summed E-state index contributed by atoms with van der Waals surface area (Å²) in [6.07, 6.45) is 5.50. The maximum absolute atomic E-state index is 12.7. The number of nitrogens with two attached hydrogens (primary N) is 1. The van der Waals surface area contributed by atoms with Crippen LogP contribution in [-0.4, -0.2) is 37.3 Å². The fourth-order valence-corrected chi connectivity index (χ4v) is 3.92. The summed E-state index contributed by atoms with van der Waals surface area (Å²) in [5.41, 5.74) is 9.89. The predicted molar refractivity (Wildman–Crippen MR) is 142 cm³/mol. The molecule has 5 N–H and O–H groups in total. The molecule has 10 nitrogen and oxygen atoms in total. The van der Waals surface area contributed by atoms with E-state index in [0.717, 1.165) is 16.8 Å². The number of hydrogen-bond donors (Lipinski definition) is 4. The molecule has 0 aliphatic carbocycles. The summed E-state index contributed by atoms with van der Waals surface area (Å²) < 4.78 is 1.85. The van der Waals surface area contributed by atoms with E-state index in [9.17, 15) is 14.4 Å². The van der Waals surface area contributed by atoms with Crippen LogP contribution in [0.3, 0.4) is 0 Å². The van der Waals surface area contributed by atoms with Gasteiger partial charge in [0.05, 0.1) is 17.7 Å². The van der Waals surface area contributed by atoms with Gasteiger partial charge in [-0.05, 0) is 54.1 Å². The molecule has 0 saturated heterocycles. The van der Waals surface area contributed by atoms with E-state index in [0.29, 0.717) is 28.4 Å². The van der Waals surface area contributed by atoms with Gasteiger partial charge in [-0.3, -0.25) is 9.59 Å². The Bertz CT molecular complexity index is 1660. The highest BCUT2D eigenvalue weighted by molar-refractivity contribution is 6.05. The molecule has 10 heteroatoms. The van der Waals surface area contributed by atoms with Crippen molar-refractivity contribution in [1.82, 2.24) is 14.4 Å². The number of hydrogen-bond acceptors (Lipinski definition) is 6. The molecule has 2 aromatic heterocycles. The van der Waals surface area contributed by atoms with Crippen LogP contribution in [0.1, 0.15) is 26.3 Å². The molecule has 0 aliphatic rings. The molecular formula is C28H22N6O4. The van der Waals surface area contributed by atoms with Gasteiger partial charge in [-0.2, -0.15) is 0 Å². The average molecular weight is 507 g/mol. The molecule has 0 spiro atoms. The first-order valence-electron chi connectivity index (χ1n) is 11.6. The molecule has 2 amide bonds. The third kappa shape index (κ3) is 5.34. The Labute approximate surface area is 216 Å². The lowest BCUT2D eigenvalue weighted by molar-refractivity contribution is -0.117. The third-order valence-corrected chi connectivity index (χ3v) is 5.78. The van der Waals surface area contributed by atoms with E-state index < -0.39 is 11.9 Å². The lowest BCUT2D eigenvalue weighted by Crippen LogP contribution is -2.13. The van der Waals surface area contributed by atoms with Crippen LogP contribution in [0.2, 0.25) is 0 Å². The summed E-state index contributed by atoms with van der Waals surface area (Å²) in [4.78, 5) is 44.1. The van der Waals surface area contributed by atoms with Crippen molar-refractivity contribution in [3.8, 4) is 11.3 Å². The van der Waals surface area contributed by atoms with Gasteiger partial charge in [0.25, 0.3) is 5.91 Å². The number of fused-ring (bicyclic) bond motifs is 1. The maximum atomic E-state index is 12.7. The summed E-state index contributed by atoms with van der Waals surface area (Å²) in [5.74, 6) is -1.28. The molecule has 0 radical (unpaired) electrons. The zero-order valence-electron chi connectivity index (χ0n) is 20.0. The van der Waals surface area contributed by atoms with Crippen LogP contribution in [0.15, 0.2) is 91.4 Å². The predicted octanol–water partition coefficient (Wildman–Crippen LogP) is 4.12. The summed E-state index contributed by atoms with van der Waals surface area (Å²) in [7, 11) is 0. The van der Waals surface area contributed by atoms with Gasteiger partial charge in [0.2, 0.25) is 5.91 Å². The van der Waals surface area contributed by atoms with E-state index in [1.807, 2.05) is 53.2 Å². The Hall–Kier alpha value is -5.51. The molecule has 0 bridgehead atoms. The molecule has 38 heavy (non-hydrogen) atoms.